The molecular formula is C74H86Cl4N8O16S. The maximum Gasteiger partial charge on any atom is 0.416 e. The first-order chi connectivity index (χ1) is 48.4. The van der Waals surface area contributed by atoms with Gasteiger partial charge >= 0.3 is 24.1 Å². The van der Waals surface area contributed by atoms with Gasteiger partial charge in [-0.1, -0.05) is 101 Å². The van der Waals surface area contributed by atoms with Gasteiger partial charge in [0.1, 0.15) is 52.2 Å². The molecule has 4 aromatic carbocycles. The fourth-order valence-electron chi connectivity index (χ4n) is 11.5. The van der Waals surface area contributed by atoms with Crippen LogP contribution in [0, 0.1) is 0 Å². The summed E-state index contributed by atoms with van der Waals surface area (Å²) < 4.78 is 54.6. The predicted octanol–water partition coefficient (Wildman–Crippen LogP) is 13.1. The molecule has 10 rings (SSSR count). The lowest BCUT2D eigenvalue weighted by Crippen LogP contribution is -2.43. The van der Waals surface area contributed by atoms with Crippen LogP contribution in [0.4, 0.5) is 27.0 Å². The molecule has 103 heavy (non-hydrogen) atoms. The summed E-state index contributed by atoms with van der Waals surface area (Å²) in [7, 11) is -2.19. The first kappa shape index (κ1) is 81.5. The van der Waals surface area contributed by atoms with Crippen molar-refractivity contribution in [2.75, 3.05) is 48.3 Å². The molecule has 6 heterocycles. The van der Waals surface area contributed by atoms with Gasteiger partial charge in [0, 0.05) is 49.6 Å². The molecule has 4 amide bonds. The topological polar surface area (TPSA) is 325 Å². The van der Waals surface area contributed by atoms with Gasteiger partial charge in [0.05, 0.1) is 64.4 Å². The number of aliphatic carboxylic acids is 1. The Morgan fingerprint density at radius 1 is 0.563 bits per heavy atom. The molecule has 3 aromatic heterocycles. The first-order valence-electron chi connectivity index (χ1n) is 33.1. The van der Waals surface area contributed by atoms with E-state index in [-0.39, 0.29) is 68.2 Å². The van der Waals surface area contributed by atoms with Gasteiger partial charge in [0.15, 0.2) is 0 Å². The lowest BCUT2D eigenvalue weighted by molar-refractivity contribution is -0.143. The summed E-state index contributed by atoms with van der Waals surface area (Å²) in [4.78, 5) is 91.5. The number of rotatable bonds is 25. The number of amides is 4. The molecule has 24 nitrogen and oxygen atoms in total. The summed E-state index contributed by atoms with van der Waals surface area (Å²) in [5.74, 6) is 0.639. The van der Waals surface area contributed by atoms with Crippen molar-refractivity contribution < 1.29 is 75.6 Å². The molecule has 5 atom stereocenters. The number of halogens is 4. The number of carboxylic acid groups (broad SMARTS) is 1. The Hall–Kier alpha value is -8.82. The van der Waals surface area contributed by atoms with Gasteiger partial charge in [-0.15, -0.1) is 0 Å². The number of ether oxygens (including phenoxy) is 5. The summed E-state index contributed by atoms with van der Waals surface area (Å²) in [6, 6.07) is 33.6. The third-order valence-corrected chi connectivity index (χ3v) is 18.0. The molecule has 0 spiro atoms. The third-order valence-electron chi connectivity index (χ3n) is 16.1. The molecule has 6 N–H and O–H groups in total. The molecule has 0 saturated carbocycles. The molecular weight excluding hydrogens is 1430 g/mol. The number of esters is 1. The van der Waals surface area contributed by atoms with Gasteiger partial charge in [-0.25, -0.2) is 34.1 Å². The number of benzene rings is 4. The highest BCUT2D eigenvalue weighted by Gasteiger charge is 2.39. The quantitative estimate of drug-likeness (QED) is 0.0179. The molecule has 7 aromatic rings. The van der Waals surface area contributed by atoms with E-state index in [4.69, 9.17) is 74.3 Å². The Labute approximate surface area is 619 Å². The van der Waals surface area contributed by atoms with Gasteiger partial charge in [-0.05, 0) is 194 Å². The molecule has 3 unspecified atom stereocenters. The second-order valence-corrected chi connectivity index (χ2v) is 29.7. The number of aromatic nitrogens is 3. The average molecular weight is 1520 g/mol. The predicted molar refractivity (Wildman–Crippen MR) is 395 cm³/mol. The van der Waals surface area contributed by atoms with E-state index in [1.807, 2.05) is 84.0 Å². The average Bonchev–Trinajstić information content (AvgIpc) is 1.66. The fourth-order valence-corrected chi connectivity index (χ4v) is 13.1. The third kappa shape index (κ3) is 24.4. The summed E-state index contributed by atoms with van der Waals surface area (Å²) >= 11 is 24.4. The van der Waals surface area contributed by atoms with E-state index in [2.05, 4.69) is 37.0 Å². The van der Waals surface area contributed by atoms with Crippen LogP contribution >= 0.6 is 46.4 Å². The van der Waals surface area contributed by atoms with Crippen LogP contribution in [0.1, 0.15) is 129 Å². The summed E-state index contributed by atoms with van der Waals surface area (Å²) in [6.45, 7) is 12.1. The van der Waals surface area contributed by atoms with Gasteiger partial charge in [-0.2, -0.15) is 8.42 Å². The molecule has 3 aliphatic heterocycles. The largest absolute Gasteiger partial charge is 0.494 e. The van der Waals surface area contributed by atoms with Gasteiger partial charge in [-0.3, -0.25) is 23.6 Å². The van der Waals surface area contributed by atoms with E-state index < -0.39 is 69.3 Å². The van der Waals surface area contributed by atoms with Crippen molar-refractivity contribution >= 4 is 110 Å². The van der Waals surface area contributed by atoms with Crippen LogP contribution in [0.3, 0.4) is 0 Å². The highest BCUT2D eigenvalue weighted by molar-refractivity contribution is 7.86. The van der Waals surface area contributed by atoms with Crippen molar-refractivity contribution in [2.45, 2.75) is 154 Å². The number of carbonyl (C=O) groups is 6. The number of methoxy groups -OCH3 is 1. The molecule has 0 aliphatic carbocycles. The van der Waals surface area contributed by atoms with E-state index in [1.54, 1.807) is 89.1 Å². The number of pyridine rings is 3. The van der Waals surface area contributed by atoms with Crippen molar-refractivity contribution in [3.05, 3.63) is 199 Å². The SMILES string of the molecule is CC(C)(C)OC(=O)N1c2ncccc2CC1CCCOS(C)(=O)=O.COC(=O)[C@H](Cc1ccc(OCCCC2Cc3cccnc3N2C(=O)OC(C)(C)C)cc1)NC(=O)c1c(Cl)cccc1Cl.O.O=C(N[C@@H](Cc1ccc(OCCCC2Cc3cccnc3N2)cc1)C(=O)O)c1c(Cl)cccc1Cl. The summed E-state index contributed by atoms with van der Waals surface area (Å²) in [5.41, 5.74) is 3.73. The molecule has 0 bridgehead atoms. The zero-order chi connectivity index (χ0) is 73.9. The maximum absolute atomic E-state index is 13.0. The Bertz CT molecular complexity index is 4120. The van der Waals surface area contributed by atoms with Crippen LogP contribution in [-0.4, -0.2) is 144 Å². The number of anilines is 3. The van der Waals surface area contributed by atoms with Crippen LogP contribution in [0.2, 0.25) is 20.1 Å². The lowest BCUT2D eigenvalue weighted by Gasteiger charge is -2.28. The maximum atomic E-state index is 13.0. The Morgan fingerprint density at radius 3 is 1.39 bits per heavy atom. The number of carbonyl (C=O) groups excluding carboxylic acids is 5. The normalized spacial score (nSPS) is 15.5. The van der Waals surface area contributed by atoms with Crippen LogP contribution in [-0.2, 0) is 70.2 Å². The highest BCUT2D eigenvalue weighted by Crippen LogP contribution is 2.36. The standard InChI is InChI=1S/C32H35Cl2N3O6.C26H25Cl2N3O4.C16H24N2O5S.H2O/c1-32(2,3)43-31(40)37-22(19-21-8-6-16-35-28(21)37)9-7-17-42-23-14-12-20(13-15-23)18-26(30(39)41-4)36-29(38)27-24(33)10-5-11-25(27)34;27-20-6-1-7-21(28)23(20)25(32)31-22(26(33)34)14-16-8-10-19(11-9-16)35-13-3-5-18-15-17-4-2-12-29-24(17)30-18;1-16(2,3)23-15(19)18-13(8-6-10-22-24(4,20)21)11-12-7-5-9-17-14(12)18;/h5-6,8,10-16,22,26H,7,9,17-19H2,1-4H3,(H,36,38);1-2,4,6-12,18,22H,3,5,13-15H2,(H,29,30)(H,31,32)(H,33,34);5,7,9,13H,6,8,10-11H2,1-4H3;1H2/t22?,26-;18?,22-;;/m00../s1. The first-order valence-corrected chi connectivity index (χ1v) is 36.5. The molecule has 3 aliphatic rings. The zero-order valence-electron chi connectivity index (χ0n) is 58.4. The number of carboxylic acids is 1. The number of nitrogens with one attached hydrogen (secondary N) is 3. The van der Waals surface area contributed by atoms with Gasteiger partial charge in [0.2, 0.25) is 0 Å². The molecule has 29 heteroatoms. The van der Waals surface area contributed by atoms with Gasteiger partial charge in [0.25, 0.3) is 21.9 Å². The monoisotopic (exact) mass is 1510 g/mol. The second-order valence-electron chi connectivity index (χ2n) is 26.4. The van der Waals surface area contributed by atoms with Crippen molar-refractivity contribution in [1.29, 1.82) is 0 Å². The van der Waals surface area contributed by atoms with E-state index in [0.717, 1.165) is 53.6 Å². The van der Waals surface area contributed by atoms with E-state index >= 15 is 0 Å². The van der Waals surface area contributed by atoms with Crippen molar-refractivity contribution in [2.24, 2.45) is 0 Å². The minimum absolute atomic E-state index is 0. The summed E-state index contributed by atoms with van der Waals surface area (Å²) in [5, 5.41) is 18.9. The van der Waals surface area contributed by atoms with Crippen molar-refractivity contribution in [3.8, 4) is 11.5 Å². The van der Waals surface area contributed by atoms with Crippen molar-refractivity contribution in [1.82, 2.24) is 25.6 Å². The van der Waals surface area contributed by atoms with Crippen LogP contribution in [0.25, 0.3) is 0 Å². The van der Waals surface area contributed by atoms with E-state index in [0.29, 0.717) is 80.9 Å². The summed E-state index contributed by atoms with van der Waals surface area (Å²) in [6.07, 6.45) is 12.4. The highest BCUT2D eigenvalue weighted by atomic mass is 35.5. The fraction of sp³-hybridized carbons (Fsp3) is 0.392. The number of hydrogen-bond donors (Lipinski definition) is 4. The molecule has 0 saturated heterocycles. The smallest absolute Gasteiger partial charge is 0.416 e. The Kier molecular flexibility index (Phi) is 29.7. The second kappa shape index (κ2) is 37.6. The zero-order valence-corrected chi connectivity index (χ0v) is 62.2. The minimum atomic E-state index is -3.44. The number of hydrogen-bond acceptors (Lipinski definition) is 18. The number of fused-ring (bicyclic) bond motifs is 3. The van der Waals surface area contributed by atoms with Crippen molar-refractivity contribution in [3.63, 3.8) is 0 Å². The number of nitrogens with zero attached hydrogens (tertiary/aromatic N) is 5. The van der Waals surface area contributed by atoms with Crippen LogP contribution < -0.4 is 35.2 Å². The van der Waals surface area contributed by atoms with Crippen LogP contribution in [0.15, 0.2) is 140 Å². The lowest BCUT2D eigenvalue weighted by atomic mass is 10.0. The van der Waals surface area contributed by atoms with E-state index in [9.17, 15) is 42.3 Å². The van der Waals surface area contributed by atoms with E-state index in [1.165, 1.54) is 24.8 Å². The molecule has 552 valence electrons. The van der Waals surface area contributed by atoms with Gasteiger partial charge < -0.3 is 50.2 Å². The van der Waals surface area contributed by atoms with Crippen LogP contribution in [0.5, 0.6) is 11.5 Å². The molecule has 0 radical (unpaired) electrons. The molecule has 0 fully saturated rings. The Balaban J connectivity index is 0.000000224. The Morgan fingerprint density at radius 2 is 0.971 bits per heavy atom. The minimum Gasteiger partial charge on any atom is -0.494 e.